The lowest BCUT2D eigenvalue weighted by molar-refractivity contribution is 0.100. The maximum atomic E-state index is 12.3. The number of rotatable bonds is 13. The molecule has 0 atom stereocenters. The minimum absolute atomic E-state index is 0.0223. The number of hydrogen-bond donors (Lipinski definition) is 0. The van der Waals surface area contributed by atoms with Crippen LogP contribution in [0.3, 0.4) is 0 Å². The van der Waals surface area contributed by atoms with Gasteiger partial charge in [-0.05, 0) is 84.7 Å². The summed E-state index contributed by atoms with van der Waals surface area (Å²) in [5.41, 5.74) is 5.96. The number of benzene rings is 2. The molecule has 0 aromatic heterocycles. The Balaban J connectivity index is 1.94. The maximum Gasteiger partial charge on any atom is 0.163 e. The Bertz CT molecular complexity index is 1020. The Hall–Kier alpha value is -2.62. The minimum atomic E-state index is -0.0223. The number of methoxy groups -OCH3 is 2. The molecule has 0 saturated heterocycles. The van der Waals surface area contributed by atoms with E-state index in [-0.39, 0.29) is 22.4 Å². The van der Waals surface area contributed by atoms with E-state index in [0.717, 1.165) is 61.2 Å². The van der Waals surface area contributed by atoms with Crippen molar-refractivity contribution in [2.75, 3.05) is 14.2 Å². The molecule has 0 unspecified atom stereocenters. The maximum absolute atomic E-state index is 12.3. The lowest BCUT2D eigenvalue weighted by atomic mass is 9.83. The Morgan fingerprint density at radius 3 is 1.16 bits per heavy atom. The molecule has 210 valence electrons. The summed E-state index contributed by atoms with van der Waals surface area (Å²) in [6, 6.07) is 8.44. The highest BCUT2D eigenvalue weighted by Gasteiger charge is 2.22. The number of unbranched alkanes of at least 4 members (excludes halogenated alkanes) is 5. The lowest BCUT2D eigenvalue weighted by Gasteiger charge is -2.23. The second-order valence-electron chi connectivity index (χ2n) is 12.7. The number of ether oxygens (including phenoxy) is 2. The molecule has 0 N–H and O–H groups in total. The Morgan fingerprint density at radius 2 is 0.895 bits per heavy atom. The molecule has 0 aliphatic carbocycles. The van der Waals surface area contributed by atoms with E-state index >= 15 is 0 Å². The van der Waals surface area contributed by atoms with Gasteiger partial charge in [-0.25, -0.2) is 0 Å². The molecule has 0 bridgehead atoms. The summed E-state index contributed by atoms with van der Waals surface area (Å²) in [6.07, 6.45) is 8.63. The zero-order valence-electron chi connectivity index (χ0n) is 25.6. The molecule has 4 heteroatoms. The molecule has 0 aliphatic rings. The van der Waals surface area contributed by atoms with E-state index in [1.165, 1.54) is 24.0 Å². The summed E-state index contributed by atoms with van der Waals surface area (Å²) in [5.74, 6) is 1.58. The van der Waals surface area contributed by atoms with Crippen LogP contribution in [0.25, 0.3) is 0 Å². The molecule has 38 heavy (non-hydrogen) atoms. The van der Waals surface area contributed by atoms with Crippen LogP contribution in [0.2, 0.25) is 0 Å². The Morgan fingerprint density at radius 1 is 0.579 bits per heavy atom. The van der Waals surface area contributed by atoms with Crippen molar-refractivity contribution in [1.29, 1.82) is 0 Å². The summed E-state index contributed by atoms with van der Waals surface area (Å²) in [4.78, 5) is 24.6. The van der Waals surface area contributed by atoms with Gasteiger partial charge in [0, 0.05) is 0 Å². The molecule has 4 nitrogen and oxygen atoms in total. The van der Waals surface area contributed by atoms with Gasteiger partial charge in [0.15, 0.2) is 11.6 Å². The number of carbonyl (C=O) groups excluding carboxylic acids is 2. The fraction of sp³-hybridized carbons (Fsp3) is 0.588. The normalized spacial score (nSPS) is 11.9. The average Bonchev–Trinajstić information content (AvgIpc) is 2.83. The van der Waals surface area contributed by atoms with Crippen LogP contribution in [0, 0.1) is 0 Å². The number of carbonyl (C=O) groups is 2. The van der Waals surface area contributed by atoms with Crippen molar-refractivity contribution >= 4 is 11.6 Å². The van der Waals surface area contributed by atoms with Gasteiger partial charge in [-0.1, -0.05) is 79.4 Å². The SMILES string of the molecule is COc1c(CCCCCCCCc2cc(C(C)(C)C)cc(C(C)=O)c2OC)cc(C(C)(C)C)cc1C(C)=O. The van der Waals surface area contributed by atoms with Crippen LogP contribution in [0.1, 0.15) is 137 Å². The first kappa shape index (κ1) is 31.6. The number of hydrogen-bond acceptors (Lipinski definition) is 4. The second-order valence-corrected chi connectivity index (χ2v) is 12.7. The number of Topliss-reactive ketones (excluding diaryl/α,β-unsaturated/α-hetero) is 2. The molecule has 0 saturated carbocycles. The molecule has 2 aromatic carbocycles. The highest BCUT2D eigenvalue weighted by atomic mass is 16.5. The molecule has 0 aliphatic heterocycles. The third-order valence-corrected chi connectivity index (χ3v) is 7.37. The molecular formula is C34H50O4. The molecule has 0 radical (unpaired) electrons. The van der Waals surface area contributed by atoms with E-state index in [1.54, 1.807) is 28.1 Å². The van der Waals surface area contributed by atoms with Crippen LogP contribution in [-0.4, -0.2) is 25.8 Å². The van der Waals surface area contributed by atoms with Crippen LogP contribution in [-0.2, 0) is 23.7 Å². The van der Waals surface area contributed by atoms with E-state index in [4.69, 9.17) is 9.47 Å². The molecule has 2 aromatic rings. The minimum Gasteiger partial charge on any atom is -0.496 e. The fourth-order valence-electron chi connectivity index (χ4n) is 4.96. The summed E-state index contributed by atoms with van der Waals surface area (Å²) < 4.78 is 11.4. The monoisotopic (exact) mass is 522 g/mol. The van der Waals surface area contributed by atoms with Crippen molar-refractivity contribution in [2.24, 2.45) is 0 Å². The van der Waals surface area contributed by atoms with Gasteiger partial charge in [0.2, 0.25) is 0 Å². The van der Waals surface area contributed by atoms with E-state index in [1.807, 2.05) is 12.1 Å². The van der Waals surface area contributed by atoms with Crippen molar-refractivity contribution in [3.63, 3.8) is 0 Å². The van der Waals surface area contributed by atoms with Crippen molar-refractivity contribution in [3.05, 3.63) is 57.6 Å². The first-order chi connectivity index (χ1) is 17.7. The van der Waals surface area contributed by atoms with Crippen molar-refractivity contribution in [3.8, 4) is 11.5 Å². The molecule has 0 spiro atoms. The molecule has 0 amide bonds. The van der Waals surface area contributed by atoms with Gasteiger partial charge in [-0.2, -0.15) is 0 Å². The lowest BCUT2D eigenvalue weighted by Crippen LogP contribution is -2.14. The van der Waals surface area contributed by atoms with Gasteiger partial charge in [-0.15, -0.1) is 0 Å². The topological polar surface area (TPSA) is 52.6 Å². The highest BCUT2D eigenvalue weighted by Crippen LogP contribution is 2.34. The van der Waals surface area contributed by atoms with Crippen LogP contribution < -0.4 is 9.47 Å². The zero-order chi connectivity index (χ0) is 28.7. The quantitative estimate of drug-likeness (QED) is 0.195. The summed E-state index contributed by atoms with van der Waals surface area (Å²) in [7, 11) is 3.32. The Labute approximate surface area is 231 Å². The van der Waals surface area contributed by atoms with Gasteiger partial charge in [0.05, 0.1) is 25.3 Å². The van der Waals surface area contributed by atoms with E-state index < -0.39 is 0 Å². The second kappa shape index (κ2) is 13.4. The molecule has 2 rings (SSSR count). The summed E-state index contributed by atoms with van der Waals surface area (Å²) in [5, 5.41) is 0. The third-order valence-electron chi connectivity index (χ3n) is 7.37. The van der Waals surface area contributed by atoms with Crippen LogP contribution in [0.5, 0.6) is 11.5 Å². The number of ketones is 2. The van der Waals surface area contributed by atoms with Crippen molar-refractivity contribution < 1.29 is 19.1 Å². The summed E-state index contributed by atoms with van der Waals surface area (Å²) >= 11 is 0. The van der Waals surface area contributed by atoms with Crippen LogP contribution in [0.15, 0.2) is 24.3 Å². The summed E-state index contributed by atoms with van der Waals surface area (Å²) in [6.45, 7) is 16.3. The molecule has 0 heterocycles. The van der Waals surface area contributed by atoms with Crippen LogP contribution in [0.4, 0.5) is 0 Å². The van der Waals surface area contributed by atoms with Crippen molar-refractivity contribution in [1.82, 2.24) is 0 Å². The van der Waals surface area contributed by atoms with E-state index in [2.05, 4.69) is 53.7 Å². The fourth-order valence-corrected chi connectivity index (χ4v) is 4.96. The first-order valence-electron chi connectivity index (χ1n) is 14.1. The predicted octanol–water partition coefficient (Wildman–Crippen LogP) is 8.83. The zero-order valence-corrected chi connectivity index (χ0v) is 25.6. The predicted molar refractivity (Wildman–Crippen MR) is 159 cm³/mol. The average molecular weight is 523 g/mol. The van der Waals surface area contributed by atoms with E-state index in [9.17, 15) is 9.59 Å². The first-order valence-corrected chi connectivity index (χ1v) is 14.1. The third kappa shape index (κ3) is 8.44. The van der Waals surface area contributed by atoms with Gasteiger partial charge < -0.3 is 9.47 Å². The standard InChI is InChI=1S/C34H50O4/c1-23(35)29-21-27(33(3,4)5)19-25(31(29)37-9)17-15-13-11-12-14-16-18-26-20-28(34(6,7)8)22-30(24(2)36)32(26)38-10/h19-22H,11-18H2,1-10H3. The van der Waals surface area contributed by atoms with Gasteiger partial charge in [0.1, 0.15) is 11.5 Å². The van der Waals surface area contributed by atoms with Gasteiger partial charge in [-0.3, -0.25) is 9.59 Å². The number of aryl methyl sites for hydroxylation is 2. The van der Waals surface area contributed by atoms with Crippen LogP contribution >= 0.6 is 0 Å². The highest BCUT2D eigenvalue weighted by molar-refractivity contribution is 5.98. The molecule has 0 fully saturated rings. The van der Waals surface area contributed by atoms with Crippen molar-refractivity contribution in [2.45, 2.75) is 118 Å². The van der Waals surface area contributed by atoms with E-state index in [0.29, 0.717) is 11.1 Å². The smallest absolute Gasteiger partial charge is 0.163 e. The van der Waals surface area contributed by atoms with Gasteiger partial charge >= 0.3 is 0 Å². The Kier molecular flexibility index (Phi) is 11.2. The molecular weight excluding hydrogens is 472 g/mol. The van der Waals surface area contributed by atoms with Gasteiger partial charge in [0.25, 0.3) is 0 Å². The largest absolute Gasteiger partial charge is 0.496 e.